The second-order valence-electron chi connectivity index (χ2n) is 8.18. The van der Waals surface area contributed by atoms with Crippen LogP contribution in [0, 0.1) is 5.82 Å². The Morgan fingerprint density at radius 2 is 1.61 bits per heavy atom. The minimum Gasteiger partial charge on any atom is -0.497 e. The van der Waals surface area contributed by atoms with Crippen LogP contribution in [0.2, 0.25) is 0 Å². The first-order valence-electron chi connectivity index (χ1n) is 11.5. The predicted octanol–water partition coefficient (Wildman–Crippen LogP) is 5.89. The van der Waals surface area contributed by atoms with Crippen LogP contribution in [0.3, 0.4) is 0 Å². The minimum atomic E-state index is -0.255. The molecular formula is C27H33FN2O3. The lowest BCUT2D eigenvalue weighted by atomic mass is 10.1. The van der Waals surface area contributed by atoms with Gasteiger partial charge in [0, 0.05) is 26.2 Å². The number of carbonyl (C=O) groups excluding carboxylic acids is 1. The smallest absolute Gasteiger partial charge is 0.289 e. The number of furan rings is 1. The molecule has 0 bridgehead atoms. The number of amides is 1. The highest BCUT2D eigenvalue weighted by Crippen LogP contribution is 2.19. The van der Waals surface area contributed by atoms with Gasteiger partial charge in [-0.05, 0) is 60.4 Å². The third-order valence-corrected chi connectivity index (χ3v) is 5.39. The van der Waals surface area contributed by atoms with Gasteiger partial charge in [0.2, 0.25) is 0 Å². The molecule has 0 radical (unpaired) electrons. The van der Waals surface area contributed by atoms with Gasteiger partial charge in [0.15, 0.2) is 5.76 Å². The zero-order valence-corrected chi connectivity index (χ0v) is 19.7. The Hall–Kier alpha value is -3.12. The molecule has 3 rings (SSSR count). The van der Waals surface area contributed by atoms with Crippen molar-refractivity contribution in [1.82, 2.24) is 9.80 Å². The van der Waals surface area contributed by atoms with Crippen molar-refractivity contribution in [3.63, 3.8) is 0 Å². The van der Waals surface area contributed by atoms with Gasteiger partial charge in [-0.3, -0.25) is 9.69 Å². The van der Waals surface area contributed by atoms with Crippen molar-refractivity contribution in [3.8, 4) is 5.75 Å². The summed E-state index contributed by atoms with van der Waals surface area (Å²) < 4.78 is 25.0. The molecule has 1 aromatic heterocycles. The van der Waals surface area contributed by atoms with Gasteiger partial charge in [-0.1, -0.05) is 38.1 Å². The fourth-order valence-corrected chi connectivity index (χ4v) is 3.86. The Morgan fingerprint density at radius 3 is 2.24 bits per heavy atom. The number of carbonyl (C=O) groups is 1. The van der Waals surface area contributed by atoms with Gasteiger partial charge in [0.05, 0.1) is 13.7 Å². The van der Waals surface area contributed by atoms with Crippen molar-refractivity contribution in [3.05, 3.63) is 89.1 Å². The highest BCUT2D eigenvalue weighted by molar-refractivity contribution is 5.91. The molecule has 33 heavy (non-hydrogen) atoms. The first-order valence-corrected chi connectivity index (χ1v) is 11.5. The number of halogens is 1. The van der Waals surface area contributed by atoms with Crippen LogP contribution >= 0.6 is 0 Å². The summed E-state index contributed by atoms with van der Waals surface area (Å²) in [6.07, 6.45) is 1.81. The third-order valence-electron chi connectivity index (χ3n) is 5.39. The van der Waals surface area contributed by atoms with Crippen LogP contribution in [0.15, 0.2) is 65.1 Å². The largest absolute Gasteiger partial charge is 0.497 e. The van der Waals surface area contributed by atoms with Crippen molar-refractivity contribution < 1.29 is 18.3 Å². The van der Waals surface area contributed by atoms with Crippen LogP contribution in [0.1, 0.15) is 54.1 Å². The van der Waals surface area contributed by atoms with Gasteiger partial charge in [-0.2, -0.15) is 0 Å². The summed E-state index contributed by atoms with van der Waals surface area (Å²) in [4.78, 5) is 16.9. The highest BCUT2D eigenvalue weighted by Gasteiger charge is 2.19. The van der Waals surface area contributed by atoms with Gasteiger partial charge >= 0.3 is 0 Å². The Morgan fingerprint density at radius 1 is 0.909 bits per heavy atom. The number of hydrogen-bond donors (Lipinski definition) is 0. The molecule has 0 atom stereocenters. The molecule has 0 aliphatic rings. The summed E-state index contributed by atoms with van der Waals surface area (Å²) in [7, 11) is 1.64. The molecule has 0 aliphatic heterocycles. The normalized spacial score (nSPS) is 11.1. The molecule has 0 fully saturated rings. The Balaban J connectivity index is 1.76. The molecule has 176 valence electrons. The first kappa shape index (κ1) is 24.5. The molecular weight excluding hydrogens is 419 g/mol. The topological polar surface area (TPSA) is 45.9 Å². The number of nitrogens with zero attached hydrogens (tertiary/aromatic N) is 2. The molecule has 0 N–H and O–H groups in total. The van der Waals surface area contributed by atoms with Crippen LogP contribution in [-0.4, -0.2) is 35.9 Å². The molecule has 1 heterocycles. The van der Waals surface area contributed by atoms with Gasteiger partial charge in [0.25, 0.3) is 5.91 Å². The molecule has 1 amide bonds. The van der Waals surface area contributed by atoms with Gasteiger partial charge in [-0.25, -0.2) is 4.39 Å². The van der Waals surface area contributed by atoms with Crippen molar-refractivity contribution in [2.45, 2.75) is 46.3 Å². The van der Waals surface area contributed by atoms with E-state index in [1.54, 1.807) is 25.3 Å². The summed E-state index contributed by atoms with van der Waals surface area (Å²) in [5.74, 6) is 1.54. The van der Waals surface area contributed by atoms with E-state index in [-0.39, 0.29) is 11.7 Å². The van der Waals surface area contributed by atoms with Crippen LogP contribution in [0.4, 0.5) is 4.39 Å². The van der Waals surface area contributed by atoms with E-state index in [1.165, 1.54) is 6.07 Å². The SMILES string of the molecule is CCCN(CCC)C(=O)c1ccc(CN(Cc2ccc(OC)cc2)Cc2cccc(F)c2)o1. The fraction of sp³-hybridized carbons (Fsp3) is 0.370. The maximum absolute atomic E-state index is 13.8. The van der Waals surface area contributed by atoms with E-state index < -0.39 is 0 Å². The Labute approximate surface area is 195 Å². The quantitative estimate of drug-likeness (QED) is 0.344. The van der Waals surface area contributed by atoms with Crippen molar-refractivity contribution in [1.29, 1.82) is 0 Å². The van der Waals surface area contributed by atoms with E-state index in [4.69, 9.17) is 9.15 Å². The molecule has 0 unspecified atom stereocenters. The summed E-state index contributed by atoms with van der Waals surface area (Å²) in [5.41, 5.74) is 1.98. The highest BCUT2D eigenvalue weighted by atomic mass is 19.1. The summed E-state index contributed by atoms with van der Waals surface area (Å²) in [6.45, 7) is 7.24. The average molecular weight is 453 g/mol. The van der Waals surface area contributed by atoms with Gasteiger partial charge < -0.3 is 14.1 Å². The molecule has 0 saturated carbocycles. The number of rotatable bonds is 12. The number of methoxy groups -OCH3 is 1. The van der Waals surface area contributed by atoms with E-state index in [9.17, 15) is 9.18 Å². The molecule has 6 heteroatoms. The van der Waals surface area contributed by atoms with E-state index in [0.29, 0.717) is 44.2 Å². The monoisotopic (exact) mass is 452 g/mol. The zero-order chi connectivity index (χ0) is 23.6. The van der Waals surface area contributed by atoms with Crippen LogP contribution < -0.4 is 4.74 Å². The first-order chi connectivity index (χ1) is 16.0. The minimum absolute atomic E-state index is 0.0724. The Kier molecular flexibility index (Phi) is 9.07. The van der Waals surface area contributed by atoms with E-state index in [2.05, 4.69) is 18.7 Å². The van der Waals surface area contributed by atoms with Crippen molar-refractivity contribution in [2.24, 2.45) is 0 Å². The molecule has 0 saturated heterocycles. The zero-order valence-electron chi connectivity index (χ0n) is 19.7. The van der Waals surface area contributed by atoms with Crippen molar-refractivity contribution in [2.75, 3.05) is 20.2 Å². The predicted molar refractivity (Wildman–Crippen MR) is 128 cm³/mol. The van der Waals surface area contributed by atoms with E-state index in [0.717, 1.165) is 29.7 Å². The van der Waals surface area contributed by atoms with Gasteiger partial charge in [0.1, 0.15) is 17.3 Å². The fourth-order valence-electron chi connectivity index (χ4n) is 3.86. The van der Waals surface area contributed by atoms with E-state index in [1.807, 2.05) is 41.3 Å². The molecule has 5 nitrogen and oxygen atoms in total. The second kappa shape index (κ2) is 12.2. The van der Waals surface area contributed by atoms with E-state index >= 15 is 0 Å². The number of benzene rings is 2. The van der Waals surface area contributed by atoms with Gasteiger partial charge in [-0.15, -0.1) is 0 Å². The Bertz CT molecular complexity index is 1010. The van der Waals surface area contributed by atoms with Crippen LogP contribution in [0.25, 0.3) is 0 Å². The number of ether oxygens (including phenoxy) is 1. The van der Waals surface area contributed by atoms with Crippen molar-refractivity contribution >= 4 is 5.91 Å². The maximum Gasteiger partial charge on any atom is 0.289 e. The molecule has 0 spiro atoms. The average Bonchev–Trinajstić information content (AvgIpc) is 3.27. The maximum atomic E-state index is 13.8. The molecule has 2 aromatic carbocycles. The lowest BCUT2D eigenvalue weighted by Crippen LogP contribution is -2.32. The third kappa shape index (κ3) is 7.19. The second-order valence-corrected chi connectivity index (χ2v) is 8.18. The summed E-state index contributed by atoms with van der Waals surface area (Å²) in [5, 5.41) is 0. The van der Waals surface area contributed by atoms with Crippen LogP contribution in [-0.2, 0) is 19.6 Å². The standard InChI is InChI=1S/C27H33FN2O3/c1-4-15-30(16-5-2)27(31)26-14-13-25(33-26)20-29(19-22-7-6-8-23(28)17-22)18-21-9-11-24(32-3)12-10-21/h6-14,17H,4-5,15-16,18-20H2,1-3H3. The number of hydrogen-bond acceptors (Lipinski definition) is 4. The molecule has 0 aliphatic carbocycles. The summed E-state index contributed by atoms with van der Waals surface area (Å²) in [6, 6.07) is 18.1. The summed E-state index contributed by atoms with van der Waals surface area (Å²) >= 11 is 0. The lowest BCUT2D eigenvalue weighted by Gasteiger charge is -2.22. The van der Waals surface area contributed by atoms with Crippen LogP contribution in [0.5, 0.6) is 5.75 Å². The molecule has 3 aromatic rings. The lowest BCUT2D eigenvalue weighted by molar-refractivity contribution is 0.0719.